The molecule has 3 rings (SSSR count). The Hall–Kier alpha value is -2.99. The van der Waals surface area contributed by atoms with Crippen LogP contribution in [0.5, 0.6) is 11.5 Å². The smallest absolute Gasteiger partial charge is 0.315 e. The molecule has 0 radical (unpaired) electrons. The summed E-state index contributed by atoms with van der Waals surface area (Å²) in [6.07, 6.45) is 1.39. The van der Waals surface area contributed by atoms with Crippen LogP contribution in [-0.2, 0) is 14.3 Å². The summed E-state index contributed by atoms with van der Waals surface area (Å²) in [5.74, 6) is 0.534. The molecule has 0 aliphatic rings. The Balaban J connectivity index is 1.76. The number of rotatable bonds is 7. The highest BCUT2D eigenvalue weighted by atomic mass is 35.5. The lowest BCUT2D eigenvalue weighted by Gasteiger charge is -2.14. The highest BCUT2D eigenvalue weighted by Gasteiger charge is 2.16. The van der Waals surface area contributed by atoms with Crippen molar-refractivity contribution in [3.05, 3.63) is 52.7 Å². The van der Waals surface area contributed by atoms with Gasteiger partial charge in [-0.1, -0.05) is 25.4 Å². The van der Waals surface area contributed by atoms with Gasteiger partial charge >= 0.3 is 5.97 Å². The zero-order valence-corrected chi connectivity index (χ0v) is 19.1. The average molecular weight is 443 g/mol. The van der Waals surface area contributed by atoms with E-state index >= 15 is 0 Å². The summed E-state index contributed by atoms with van der Waals surface area (Å²) in [5, 5.41) is 4.14. The van der Waals surface area contributed by atoms with Gasteiger partial charge in [-0.05, 0) is 68.1 Å². The number of aryl methyl sites for hydroxylation is 1. The molecule has 1 aromatic heterocycles. The van der Waals surface area contributed by atoms with Crippen molar-refractivity contribution < 1.29 is 19.1 Å². The van der Waals surface area contributed by atoms with E-state index in [1.807, 2.05) is 31.3 Å². The van der Waals surface area contributed by atoms with Crippen LogP contribution < -0.4 is 10.1 Å². The molecule has 0 aliphatic heterocycles. The van der Waals surface area contributed by atoms with Crippen LogP contribution in [0.15, 0.2) is 36.5 Å². The molecule has 0 saturated heterocycles. The number of carbonyl (C=O) groups is 2. The molecule has 2 N–H and O–H groups in total. The number of nitrogens with one attached hydrogen (secondary N) is 2. The molecule has 0 unspecified atom stereocenters. The Bertz CT molecular complexity index is 1090. The third kappa shape index (κ3) is 5.58. The molecule has 7 heteroatoms. The van der Waals surface area contributed by atoms with Crippen molar-refractivity contribution in [3.63, 3.8) is 0 Å². The van der Waals surface area contributed by atoms with Crippen molar-refractivity contribution in [1.29, 1.82) is 0 Å². The van der Waals surface area contributed by atoms with E-state index in [1.165, 1.54) is 5.56 Å². The molecule has 0 atom stereocenters. The molecular formula is C24H27ClN2O4. The van der Waals surface area contributed by atoms with Gasteiger partial charge in [0, 0.05) is 22.8 Å². The van der Waals surface area contributed by atoms with Gasteiger partial charge in [0.05, 0.1) is 11.1 Å². The summed E-state index contributed by atoms with van der Waals surface area (Å²) in [4.78, 5) is 27.0. The first kappa shape index (κ1) is 22.7. The van der Waals surface area contributed by atoms with Gasteiger partial charge in [-0.25, -0.2) is 0 Å². The molecule has 6 nitrogen and oxygen atoms in total. The first-order valence-electron chi connectivity index (χ1n) is 10.2. The minimum absolute atomic E-state index is 0.268. The maximum atomic E-state index is 12.1. The second-order valence-electron chi connectivity index (χ2n) is 8.08. The Morgan fingerprint density at radius 2 is 1.87 bits per heavy atom. The standard InChI is InChI=1S/C24H27ClN2O4/c1-13(2)19-12-26-21-7-6-17(10-18(19)21)31-24-15(5)8-16(9-20(24)25)27-22(28)11-23(29)30-14(3)4/h6-10,12-14,26H,11H2,1-5H3,(H,27,28). The molecule has 0 saturated carbocycles. The number of carbonyl (C=O) groups excluding carboxylic acids is 2. The number of fused-ring (bicyclic) bond motifs is 1. The summed E-state index contributed by atoms with van der Waals surface area (Å²) >= 11 is 6.45. The summed E-state index contributed by atoms with van der Waals surface area (Å²) in [7, 11) is 0. The topological polar surface area (TPSA) is 80.4 Å². The van der Waals surface area contributed by atoms with Crippen molar-refractivity contribution in [2.75, 3.05) is 5.32 Å². The van der Waals surface area contributed by atoms with E-state index < -0.39 is 11.9 Å². The van der Waals surface area contributed by atoms with E-state index in [9.17, 15) is 9.59 Å². The molecule has 1 heterocycles. The fourth-order valence-electron chi connectivity index (χ4n) is 3.35. The Kier molecular flexibility index (Phi) is 6.91. The van der Waals surface area contributed by atoms with Gasteiger partial charge in [-0.3, -0.25) is 9.59 Å². The van der Waals surface area contributed by atoms with E-state index in [-0.39, 0.29) is 12.5 Å². The van der Waals surface area contributed by atoms with E-state index in [4.69, 9.17) is 21.1 Å². The minimum atomic E-state index is -0.573. The summed E-state index contributed by atoms with van der Waals surface area (Å²) < 4.78 is 11.1. The molecule has 2 aromatic carbocycles. The fraction of sp³-hybridized carbons (Fsp3) is 0.333. The van der Waals surface area contributed by atoms with Crippen LogP contribution in [0, 0.1) is 6.92 Å². The monoisotopic (exact) mass is 442 g/mol. The number of aromatic amines is 1. The van der Waals surface area contributed by atoms with Gasteiger partial charge in [0.15, 0.2) is 0 Å². The summed E-state index contributed by atoms with van der Waals surface area (Å²) in [6, 6.07) is 9.21. The normalized spacial score (nSPS) is 11.2. The lowest BCUT2D eigenvalue weighted by atomic mass is 10.0. The number of benzene rings is 2. The number of H-pyrrole nitrogens is 1. The zero-order chi connectivity index (χ0) is 22.7. The summed E-state index contributed by atoms with van der Waals surface area (Å²) in [6.45, 7) is 9.60. The lowest BCUT2D eigenvalue weighted by Crippen LogP contribution is -2.20. The second kappa shape index (κ2) is 9.43. The van der Waals surface area contributed by atoms with Crippen molar-refractivity contribution >= 4 is 40.1 Å². The maximum Gasteiger partial charge on any atom is 0.315 e. The zero-order valence-electron chi connectivity index (χ0n) is 18.3. The molecule has 3 aromatic rings. The number of amides is 1. The predicted octanol–water partition coefficient (Wildman–Crippen LogP) is 6.33. The van der Waals surface area contributed by atoms with E-state index in [0.29, 0.717) is 28.1 Å². The number of hydrogen-bond acceptors (Lipinski definition) is 4. The van der Waals surface area contributed by atoms with Gasteiger partial charge in [-0.2, -0.15) is 0 Å². The van der Waals surface area contributed by atoms with Crippen molar-refractivity contribution in [2.45, 2.75) is 53.1 Å². The van der Waals surface area contributed by atoms with Crippen molar-refractivity contribution in [3.8, 4) is 11.5 Å². The SMILES string of the molecule is Cc1cc(NC(=O)CC(=O)OC(C)C)cc(Cl)c1Oc1ccc2[nH]cc(C(C)C)c2c1. The van der Waals surface area contributed by atoms with E-state index in [0.717, 1.165) is 16.5 Å². The maximum absolute atomic E-state index is 12.1. The first-order chi connectivity index (χ1) is 14.6. The van der Waals surface area contributed by atoms with Crippen LogP contribution in [0.25, 0.3) is 10.9 Å². The third-order valence-electron chi connectivity index (χ3n) is 4.71. The molecule has 0 spiro atoms. The molecule has 31 heavy (non-hydrogen) atoms. The number of hydrogen-bond donors (Lipinski definition) is 2. The van der Waals surface area contributed by atoms with E-state index in [1.54, 1.807) is 26.0 Å². The van der Waals surface area contributed by atoms with Crippen LogP contribution in [0.4, 0.5) is 5.69 Å². The molecule has 164 valence electrons. The van der Waals surface area contributed by atoms with Crippen molar-refractivity contribution in [1.82, 2.24) is 4.98 Å². The van der Waals surface area contributed by atoms with Gasteiger partial charge in [0.2, 0.25) is 5.91 Å². The lowest BCUT2D eigenvalue weighted by molar-refractivity contribution is -0.148. The van der Waals surface area contributed by atoms with Gasteiger partial charge < -0.3 is 19.8 Å². The highest BCUT2D eigenvalue weighted by molar-refractivity contribution is 6.32. The largest absolute Gasteiger partial charge is 0.463 e. The fourth-order valence-corrected chi connectivity index (χ4v) is 3.66. The number of anilines is 1. The van der Waals surface area contributed by atoms with Crippen LogP contribution in [-0.4, -0.2) is 23.0 Å². The third-order valence-corrected chi connectivity index (χ3v) is 4.99. The van der Waals surface area contributed by atoms with Gasteiger partial charge in [0.1, 0.15) is 17.9 Å². The number of esters is 1. The quantitative estimate of drug-likeness (QED) is 0.331. The summed E-state index contributed by atoms with van der Waals surface area (Å²) in [5.41, 5.74) is 3.51. The van der Waals surface area contributed by atoms with Crippen LogP contribution in [0.3, 0.4) is 0 Å². The van der Waals surface area contributed by atoms with E-state index in [2.05, 4.69) is 24.1 Å². The molecule has 0 aliphatic carbocycles. The van der Waals surface area contributed by atoms with Crippen LogP contribution in [0.2, 0.25) is 5.02 Å². The molecular weight excluding hydrogens is 416 g/mol. The Morgan fingerprint density at radius 3 is 2.52 bits per heavy atom. The van der Waals surface area contributed by atoms with Gasteiger partial charge in [-0.15, -0.1) is 0 Å². The van der Waals surface area contributed by atoms with Crippen LogP contribution in [0.1, 0.15) is 51.2 Å². The number of halogens is 1. The van der Waals surface area contributed by atoms with Crippen LogP contribution >= 0.6 is 11.6 Å². The minimum Gasteiger partial charge on any atom is -0.463 e. The molecule has 1 amide bonds. The molecule has 0 bridgehead atoms. The molecule has 0 fully saturated rings. The van der Waals surface area contributed by atoms with Gasteiger partial charge in [0.25, 0.3) is 0 Å². The predicted molar refractivity (Wildman–Crippen MR) is 123 cm³/mol. The Labute approximate surface area is 186 Å². The van der Waals surface area contributed by atoms with Crippen molar-refractivity contribution in [2.24, 2.45) is 0 Å². The second-order valence-corrected chi connectivity index (χ2v) is 8.48. The number of ether oxygens (including phenoxy) is 2. The highest BCUT2D eigenvalue weighted by Crippen LogP contribution is 2.37. The average Bonchev–Trinajstić information content (AvgIpc) is 3.07. The number of aromatic nitrogens is 1. The Morgan fingerprint density at radius 1 is 1.13 bits per heavy atom. The first-order valence-corrected chi connectivity index (χ1v) is 10.6.